The van der Waals surface area contributed by atoms with E-state index in [1.54, 1.807) is 10.6 Å². The molecule has 1 aromatic carbocycles. The van der Waals surface area contributed by atoms with Gasteiger partial charge in [-0.15, -0.1) is 0 Å². The van der Waals surface area contributed by atoms with Crippen molar-refractivity contribution in [2.75, 3.05) is 0 Å². The molecule has 2 aromatic rings. The number of nitrogens with two attached hydrogens (primary N) is 1. The van der Waals surface area contributed by atoms with Gasteiger partial charge >= 0.3 is 0 Å². The van der Waals surface area contributed by atoms with Crippen LogP contribution in [-0.4, -0.2) is 15.6 Å². The molecule has 1 heterocycles. The zero-order valence-corrected chi connectivity index (χ0v) is 10.3. The van der Waals surface area contributed by atoms with E-state index in [0.717, 1.165) is 16.5 Å². The van der Waals surface area contributed by atoms with E-state index in [1.807, 2.05) is 32.0 Å². The molecule has 0 radical (unpaired) electrons. The second-order valence-corrected chi connectivity index (χ2v) is 4.15. The van der Waals surface area contributed by atoms with Gasteiger partial charge in [0.25, 0.3) is 5.56 Å². The molecule has 2 rings (SSSR count). The van der Waals surface area contributed by atoms with Crippen LogP contribution in [0.25, 0.3) is 10.9 Å². The van der Waals surface area contributed by atoms with Crippen molar-refractivity contribution in [1.29, 1.82) is 0 Å². The number of nitrogens with zero attached hydrogens (tertiary/aromatic N) is 2. The van der Waals surface area contributed by atoms with E-state index in [1.165, 1.54) is 0 Å². The van der Waals surface area contributed by atoms with Crippen molar-refractivity contribution in [2.45, 2.75) is 20.4 Å². The number of rotatable bonds is 2. The van der Waals surface area contributed by atoms with Gasteiger partial charge in [-0.05, 0) is 36.9 Å². The fourth-order valence-electron chi connectivity index (χ4n) is 2.03. The summed E-state index contributed by atoms with van der Waals surface area (Å²) < 4.78 is 1.62. The van der Waals surface area contributed by atoms with Gasteiger partial charge in [-0.3, -0.25) is 4.79 Å². The highest BCUT2D eigenvalue weighted by molar-refractivity contribution is 5.99. The summed E-state index contributed by atoms with van der Waals surface area (Å²) in [5.74, 6) is -0.162. The lowest BCUT2D eigenvalue weighted by molar-refractivity contribution is 0.318. The number of oxime groups is 1. The first-order chi connectivity index (χ1) is 8.58. The number of benzene rings is 1. The molecule has 94 valence electrons. The molecule has 5 nitrogen and oxygen atoms in total. The maximum atomic E-state index is 12.2. The lowest BCUT2D eigenvalue weighted by atomic mass is 10.1. The maximum Gasteiger partial charge on any atom is 0.262 e. The largest absolute Gasteiger partial charge is 0.409 e. The molecule has 0 saturated heterocycles. The Kier molecular flexibility index (Phi) is 3.06. The first kappa shape index (κ1) is 12.2. The summed E-state index contributed by atoms with van der Waals surface area (Å²) in [7, 11) is 0. The molecule has 0 amide bonds. The quantitative estimate of drug-likeness (QED) is 0.363. The first-order valence-electron chi connectivity index (χ1n) is 5.70. The highest BCUT2D eigenvalue weighted by Gasteiger charge is 2.11. The van der Waals surface area contributed by atoms with Gasteiger partial charge in [0, 0.05) is 6.54 Å². The first-order valence-corrected chi connectivity index (χ1v) is 5.70. The van der Waals surface area contributed by atoms with Crippen LogP contribution in [0.4, 0.5) is 0 Å². The van der Waals surface area contributed by atoms with Gasteiger partial charge in [0.2, 0.25) is 0 Å². The predicted octanol–water partition coefficient (Wildman–Crippen LogP) is 1.42. The smallest absolute Gasteiger partial charge is 0.262 e. The van der Waals surface area contributed by atoms with E-state index in [2.05, 4.69) is 5.16 Å². The molecule has 0 bridgehead atoms. The van der Waals surface area contributed by atoms with Crippen LogP contribution >= 0.6 is 0 Å². The van der Waals surface area contributed by atoms with Crippen LogP contribution in [-0.2, 0) is 6.54 Å². The Hall–Kier alpha value is -2.30. The molecule has 0 aliphatic carbocycles. The molecule has 18 heavy (non-hydrogen) atoms. The Morgan fingerprint density at radius 3 is 2.78 bits per heavy atom. The summed E-state index contributed by atoms with van der Waals surface area (Å²) in [4.78, 5) is 12.2. The van der Waals surface area contributed by atoms with Crippen molar-refractivity contribution in [3.8, 4) is 0 Å². The van der Waals surface area contributed by atoms with E-state index >= 15 is 0 Å². The van der Waals surface area contributed by atoms with Crippen LogP contribution in [0.3, 0.4) is 0 Å². The molecule has 1 aromatic heterocycles. The second kappa shape index (κ2) is 4.52. The van der Waals surface area contributed by atoms with Gasteiger partial charge in [0.1, 0.15) is 0 Å². The van der Waals surface area contributed by atoms with E-state index in [0.29, 0.717) is 6.54 Å². The van der Waals surface area contributed by atoms with Crippen molar-refractivity contribution in [3.63, 3.8) is 0 Å². The summed E-state index contributed by atoms with van der Waals surface area (Å²) >= 11 is 0. The zero-order chi connectivity index (χ0) is 13.3. The molecule has 3 N–H and O–H groups in total. The zero-order valence-electron chi connectivity index (χ0n) is 10.3. The van der Waals surface area contributed by atoms with Crippen molar-refractivity contribution in [3.05, 3.63) is 45.7 Å². The normalized spacial score (nSPS) is 12.0. The van der Waals surface area contributed by atoms with E-state index in [4.69, 9.17) is 10.9 Å². The van der Waals surface area contributed by atoms with Gasteiger partial charge in [0.05, 0.1) is 11.1 Å². The van der Waals surface area contributed by atoms with Crippen molar-refractivity contribution in [1.82, 2.24) is 4.57 Å². The summed E-state index contributed by atoms with van der Waals surface area (Å²) in [5.41, 5.74) is 7.44. The standard InChI is InChI=1S/C13H15N3O2/c1-3-16-11-6-8(2)4-5-9(11)7-10(13(16)17)12(14)15-18/h4-7,18H,3H2,1-2H3,(H2,14,15). The summed E-state index contributed by atoms with van der Waals surface area (Å²) in [6.07, 6.45) is 0. The summed E-state index contributed by atoms with van der Waals surface area (Å²) in [6, 6.07) is 7.49. The lowest BCUT2D eigenvalue weighted by Gasteiger charge is -2.11. The number of hydrogen-bond donors (Lipinski definition) is 2. The Morgan fingerprint density at radius 2 is 2.17 bits per heavy atom. The molecule has 0 fully saturated rings. The average Bonchev–Trinajstić information content (AvgIpc) is 2.37. The minimum Gasteiger partial charge on any atom is -0.409 e. The van der Waals surface area contributed by atoms with Gasteiger partial charge in [-0.2, -0.15) is 0 Å². The predicted molar refractivity (Wildman–Crippen MR) is 71.1 cm³/mol. The third-order valence-corrected chi connectivity index (χ3v) is 2.95. The van der Waals surface area contributed by atoms with E-state index in [9.17, 15) is 4.79 Å². The second-order valence-electron chi connectivity index (χ2n) is 4.15. The summed E-state index contributed by atoms with van der Waals surface area (Å²) in [6.45, 7) is 4.39. The topological polar surface area (TPSA) is 80.6 Å². The fraction of sp³-hybridized carbons (Fsp3) is 0.231. The number of amidine groups is 1. The molecular weight excluding hydrogens is 230 g/mol. The molecular formula is C13H15N3O2. The summed E-state index contributed by atoms with van der Waals surface area (Å²) in [5, 5.41) is 12.5. The minimum absolute atomic E-state index is 0.162. The Labute approximate surface area is 104 Å². The number of pyridine rings is 1. The number of fused-ring (bicyclic) bond motifs is 1. The Bertz CT molecular complexity index is 686. The van der Waals surface area contributed by atoms with Gasteiger partial charge in [-0.1, -0.05) is 17.3 Å². The average molecular weight is 245 g/mol. The van der Waals surface area contributed by atoms with Crippen molar-refractivity contribution < 1.29 is 5.21 Å². The number of aromatic nitrogens is 1. The molecule has 0 unspecified atom stereocenters. The monoisotopic (exact) mass is 245 g/mol. The number of hydrogen-bond acceptors (Lipinski definition) is 3. The third kappa shape index (κ3) is 1.84. The van der Waals surface area contributed by atoms with Gasteiger partial charge in [0.15, 0.2) is 5.84 Å². The van der Waals surface area contributed by atoms with Crippen molar-refractivity contribution in [2.24, 2.45) is 10.9 Å². The Morgan fingerprint density at radius 1 is 1.44 bits per heavy atom. The molecule has 0 atom stereocenters. The minimum atomic E-state index is -0.245. The molecule has 0 spiro atoms. The van der Waals surface area contributed by atoms with Crippen LogP contribution in [0.15, 0.2) is 34.2 Å². The maximum absolute atomic E-state index is 12.2. The van der Waals surface area contributed by atoms with E-state index < -0.39 is 0 Å². The highest BCUT2D eigenvalue weighted by atomic mass is 16.4. The molecule has 5 heteroatoms. The number of aryl methyl sites for hydroxylation is 2. The molecule has 0 saturated carbocycles. The SMILES string of the molecule is CCn1c(=O)c(/C(N)=N/O)cc2ccc(C)cc21. The van der Waals surface area contributed by atoms with Crippen LogP contribution in [0.5, 0.6) is 0 Å². The molecule has 0 aliphatic rings. The Balaban J connectivity index is 2.91. The van der Waals surface area contributed by atoms with Crippen molar-refractivity contribution >= 4 is 16.7 Å². The lowest BCUT2D eigenvalue weighted by Crippen LogP contribution is -2.30. The fourth-order valence-corrected chi connectivity index (χ4v) is 2.03. The van der Waals surface area contributed by atoms with Crippen LogP contribution in [0.2, 0.25) is 0 Å². The molecule has 0 aliphatic heterocycles. The highest BCUT2D eigenvalue weighted by Crippen LogP contribution is 2.15. The van der Waals surface area contributed by atoms with Gasteiger partial charge < -0.3 is 15.5 Å². The van der Waals surface area contributed by atoms with Crippen LogP contribution < -0.4 is 11.3 Å². The van der Waals surface area contributed by atoms with Gasteiger partial charge in [-0.25, -0.2) is 0 Å². The van der Waals surface area contributed by atoms with E-state index in [-0.39, 0.29) is 17.0 Å². The third-order valence-electron chi connectivity index (χ3n) is 2.95. The van der Waals surface area contributed by atoms with Crippen LogP contribution in [0, 0.1) is 6.92 Å². The van der Waals surface area contributed by atoms with Crippen LogP contribution in [0.1, 0.15) is 18.1 Å².